The fourth-order valence-electron chi connectivity index (χ4n) is 3.06. The van der Waals surface area contributed by atoms with Crippen LogP contribution in [0.25, 0.3) is 0 Å². The first-order valence-electron chi connectivity index (χ1n) is 8.98. The minimum Gasteiger partial charge on any atom is -0.497 e. The van der Waals surface area contributed by atoms with Crippen LogP contribution in [0.2, 0.25) is 5.02 Å². The molecule has 0 aromatic heterocycles. The average molecular weight is 387 g/mol. The van der Waals surface area contributed by atoms with Crippen molar-refractivity contribution in [2.45, 2.75) is 32.4 Å². The highest BCUT2D eigenvalue weighted by atomic mass is 35.5. The number of hydrogen-bond acceptors (Lipinski definition) is 4. The Balaban J connectivity index is 1.64. The molecule has 0 saturated carbocycles. The molecule has 0 N–H and O–H groups in total. The van der Waals surface area contributed by atoms with Crippen LogP contribution in [0.3, 0.4) is 0 Å². The lowest BCUT2D eigenvalue weighted by atomic mass is 10.0. The van der Waals surface area contributed by atoms with E-state index < -0.39 is 0 Å². The summed E-state index contributed by atoms with van der Waals surface area (Å²) >= 11 is 6.07. The number of carbonyl (C=O) groups is 1. The predicted molar refractivity (Wildman–Crippen MR) is 106 cm³/mol. The van der Waals surface area contributed by atoms with Gasteiger partial charge in [0.05, 0.1) is 19.4 Å². The minimum atomic E-state index is -0.156. The molecule has 0 bridgehead atoms. The number of carbonyl (C=O) groups excluding carboxylic acids is 1. The number of benzene rings is 2. The Bertz CT molecular complexity index is 820. The molecule has 0 aliphatic carbocycles. The van der Waals surface area contributed by atoms with Gasteiger partial charge in [0, 0.05) is 24.4 Å². The molecule has 2 aromatic carbocycles. The zero-order valence-corrected chi connectivity index (χ0v) is 16.3. The highest BCUT2D eigenvalue weighted by Gasteiger charge is 2.26. The SMILES string of the molecule is CCC(=O)N(Cc1cccc(Cl)c1)C[C@H]1CC(c2ccc(OC)cc2)=NO1. The van der Waals surface area contributed by atoms with E-state index in [1.165, 1.54) is 0 Å². The molecule has 0 spiro atoms. The number of amides is 1. The second kappa shape index (κ2) is 8.91. The third-order valence-corrected chi connectivity index (χ3v) is 4.73. The lowest BCUT2D eigenvalue weighted by Crippen LogP contribution is -2.36. The topological polar surface area (TPSA) is 51.1 Å². The van der Waals surface area contributed by atoms with Crippen LogP contribution in [0.4, 0.5) is 0 Å². The quantitative estimate of drug-likeness (QED) is 0.713. The average Bonchev–Trinajstić information content (AvgIpc) is 3.15. The second-order valence-corrected chi connectivity index (χ2v) is 6.89. The van der Waals surface area contributed by atoms with Crippen molar-refractivity contribution in [1.82, 2.24) is 4.90 Å². The summed E-state index contributed by atoms with van der Waals surface area (Å²) in [5.41, 5.74) is 2.88. The minimum absolute atomic E-state index is 0.0801. The summed E-state index contributed by atoms with van der Waals surface area (Å²) in [4.78, 5) is 19.8. The number of nitrogens with zero attached hydrogens (tertiary/aromatic N) is 2. The van der Waals surface area contributed by atoms with Gasteiger partial charge in [-0.05, 0) is 47.5 Å². The molecule has 1 aliphatic heterocycles. The summed E-state index contributed by atoms with van der Waals surface area (Å²) in [6.45, 7) is 2.86. The van der Waals surface area contributed by atoms with E-state index in [4.69, 9.17) is 21.2 Å². The third kappa shape index (κ3) is 5.01. The summed E-state index contributed by atoms with van der Waals surface area (Å²) < 4.78 is 5.18. The third-order valence-electron chi connectivity index (χ3n) is 4.50. The number of halogens is 1. The molecule has 0 fully saturated rings. The smallest absolute Gasteiger partial charge is 0.222 e. The monoisotopic (exact) mass is 386 g/mol. The molecule has 1 aliphatic rings. The first-order valence-corrected chi connectivity index (χ1v) is 9.36. The van der Waals surface area contributed by atoms with Crippen LogP contribution >= 0.6 is 11.6 Å². The molecule has 1 heterocycles. The van der Waals surface area contributed by atoms with Gasteiger partial charge >= 0.3 is 0 Å². The molecule has 3 rings (SSSR count). The van der Waals surface area contributed by atoms with Crippen LogP contribution in [-0.2, 0) is 16.2 Å². The van der Waals surface area contributed by atoms with E-state index in [-0.39, 0.29) is 12.0 Å². The van der Waals surface area contributed by atoms with Crippen molar-refractivity contribution in [2.24, 2.45) is 5.16 Å². The van der Waals surface area contributed by atoms with Crippen LogP contribution in [-0.4, -0.2) is 36.3 Å². The lowest BCUT2D eigenvalue weighted by molar-refractivity contribution is -0.133. The Morgan fingerprint density at radius 2 is 2.07 bits per heavy atom. The predicted octanol–water partition coefficient (Wildman–Crippen LogP) is 4.28. The van der Waals surface area contributed by atoms with Crippen molar-refractivity contribution in [3.63, 3.8) is 0 Å². The van der Waals surface area contributed by atoms with Gasteiger partial charge < -0.3 is 14.5 Å². The molecule has 27 heavy (non-hydrogen) atoms. The van der Waals surface area contributed by atoms with E-state index in [0.29, 0.717) is 31.0 Å². The number of methoxy groups -OCH3 is 1. The maximum Gasteiger partial charge on any atom is 0.222 e. The molecular weight excluding hydrogens is 364 g/mol. The first-order chi connectivity index (χ1) is 13.1. The molecule has 5 nitrogen and oxygen atoms in total. The zero-order valence-electron chi connectivity index (χ0n) is 15.5. The Hall–Kier alpha value is -2.53. The van der Waals surface area contributed by atoms with Crippen molar-refractivity contribution in [3.8, 4) is 5.75 Å². The van der Waals surface area contributed by atoms with Gasteiger partial charge in [-0.15, -0.1) is 0 Å². The molecule has 1 amide bonds. The van der Waals surface area contributed by atoms with E-state index in [2.05, 4.69) is 5.16 Å². The largest absolute Gasteiger partial charge is 0.497 e. The van der Waals surface area contributed by atoms with E-state index in [1.807, 2.05) is 60.4 Å². The molecule has 142 valence electrons. The van der Waals surface area contributed by atoms with E-state index in [9.17, 15) is 4.79 Å². The van der Waals surface area contributed by atoms with E-state index >= 15 is 0 Å². The number of hydrogen-bond donors (Lipinski definition) is 0. The van der Waals surface area contributed by atoms with Gasteiger partial charge in [-0.1, -0.05) is 35.8 Å². The van der Waals surface area contributed by atoms with Crippen LogP contribution in [0.1, 0.15) is 30.9 Å². The van der Waals surface area contributed by atoms with Gasteiger partial charge in [-0.3, -0.25) is 4.79 Å². The van der Waals surface area contributed by atoms with Crippen LogP contribution in [0.15, 0.2) is 53.7 Å². The Morgan fingerprint density at radius 3 is 2.74 bits per heavy atom. The number of oxime groups is 1. The van der Waals surface area contributed by atoms with Gasteiger partial charge in [-0.25, -0.2) is 0 Å². The second-order valence-electron chi connectivity index (χ2n) is 6.46. The van der Waals surface area contributed by atoms with Gasteiger partial charge in [0.2, 0.25) is 5.91 Å². The molecular formula is C21H23ClN2O3. The molecule has 0 saturated heterocycles. The van der Waals surface area contributed by atoms with Crippen LogP contribution in [0, 0.1) is 0 Å². The Morgan fingerprint density at radius 1 is 1.30 bits per heavy atom. The number of rotatable bonds is 7. The maximum absolute atomic E-state index is 12.4. The molecule has 1 atom stereocenters. The van der Waals surface area contributed by atoms with Gasteiger partial charge in [0.15, 0.2) is 6.10 Å². The summed E-state index contributed by atoms with van der Waals surface area (Å²) in [6.07, 6.45) is 0.950. The van der Waals surface area contributed by atoms with Crippen molar-refractivity contribution >= 4 is 23.2 Å². The highest BCUT2D eigenvalue weighted by molar-refractivity contribution is 6.30. The summed E-state index contributed by atoms with van der Waals surface area (Å²) in [6, 6.07) is 15.3. The van der Waals surface area contributed by atoms with Gasteiger partial charge in [-0.2, -0.15) is 0 Å². The van der Waals surface area contributed by atoms with E-state index in [1.54, 1.807) is 7.11 Å². The van der Waals surface area contributed by atoms with Crippen LogP contribution < -0.4 is 4.74 Å². The van der Waals surface area contributed by atoms with E-state index in [0.717, 1.165) is 22.6 Å². The van der Waals surface area contributed by atoms with Gasteiger partial charge in [0.25, 0.3) is 0 Å². The maximum atomic E-state index is 12.4. The molecule has 0 unspecified atom stereocenters. The van der Waals surface area contributed by atoms with Crippen molar-refractivity contribution in [1.29, 1.82) is 0 Å². The fraction of sp³-hybridized carbons (Fsp3) is 0.333. The van der Waals surface area contributed by atoms with Crippen molar-refractivity contribution < 1.29 is 14.4 Å². The van der Waals surface area contributed by atoms with Gasteiger partial charge in [0.1, 0.15) is 5.75 Å². The fourth-order valence-corrected chi connectivity index (χ4v) is 3.27. The highest BCUT2D eigenvalue weighted by Crippen LogP contribution is 2.21. The van der Waals surface area contributed by atoms with Crippen molar-refractivity contribution in [2.75, 3.05) is 13.7 Å². The molecule has 2 aromatic rings. The Labute approximate surface area is 164 Å². The summed E-state index contributed by atoms with van der Waals surface area (Å²) in [7, 11) is 1.64. The first kappa shape index (κ1) is 19.2. The Kier molecular flexibility index (Phi) is 6.35. The summed E-state index contributed by atoms with van der Waals surface area (Å²) in [5.74, 6) is 0.882. The van der Waals surface area contributed by atoms with Crippen LogP contribution in [0.5, 0.6) is 5.75 Å². The lowest BCUT2D eigenvalue weighted by Gasteiger charge is -2.24. The standard InChI is InChI=1S/C21H23ClN2O3/c1-3-21(25)24(13-15-5-4-6-17(22)11-15)14-19-12-20(23-27-19)16-7-9-18(26-2)10-8-16/h4-11,19H,3,12-14H2,1-2H3/t19-/m1/s1. The number of ether oxygens (including phenoxy) is 1. The summed E-state index contributed by atoms with van der Waals surface area (Å²) in [5, 5.41) is 4.88. The van der Waals surface area contributed by atoms with Crippen molar-refractivity contribution in [3.05, 3.63) is 64.7 Å². The normalized spacial score (nSPS) is 15.8. The molecule has 0 radical (unpaired) electrons. The molecule has 6 heteroatoms. The zero-order chi connectivity index (χ0) is 19.2.